The molecule has 1 aromatic carbocycles. The molecule has 0 bridgehead atoms. The van der Waals surface area contributed by atoms with Gasteiger partial charge in [-0.05, 0) is 24.3 Å². The number of hydrogen-bond donors (Lipinski definition) is 3. The monoisotopic (exact) mass is 434 g/mol. The van der Waals surface area contributed by atoms with E-state index in [1.807, 2.05) is 0 Å². The number of fused-ring (bicyclic) bond motifs is 1. The molecule has 0 fully saturated rings. The molecule has 2 amide bonds. The lowest BCUT2D eigenvalue weighted by molar-refractivity contribution is -0.123. The minimum atomic E-state index is -0.905. The molecule has 2 heterocycles. The largest absolute Gasteiger partial charge is 0.326 e. The van der Waals surface area contributed by atoms with Crippen LogP contribution < -0.4 is 16.2 Å². The predicted octanol–water partition coefficient (Wildman–Crippen LogP) is 2.88. The van der Waals surface area contributed by atoms with Gasteiger partial charge in [-0.25, -0.2) is 4.98 Å². The van der Waals surface area contributed by atoms with Gasteiger partial charge in [0, 0.05) is 22.3 Å². The average Bonchev–Trinajstić information content (AvgIpc) is 2.60. The number of aromatic nitrogens is 2. The summed E-state index contributed by atoms with van der Waals surface area (Å²) in [5.41, 5.74) is 0.313. The Morgan fingerprint density at radius 1 is 1.38 bits per heavy atom. The molecule has 0 saturated heterocycles. The molecule has 1 aliphatic heterocycles. The minimum absolute atomic E-state index is 0.112. The number of rotatable bonds is 5. The molecule has 2 aromatic rings. The van der Waals surface area contributed by atoms with Crippen LogP contribution in [0.25, 0.3) is 0 Å². The number of carbonyl (C=O) groups excluding carboxylic acids is 2. The zero-order chi connectivity index (χ0) is 18.7. The van der Waals surface area contributed by atoms with Gasteiger partial charge in [0.15, 0.2) is 5.16 Å². The quantitative estimate of drug-likeness (QED) is 0.381. The number of hydrogen-bond acceptors (Lipinski definition) is 5. The summed E-state index contributed by atoms with van der Waals surface area (Å²) in [7, 11) is 0. The first-order chi connectivity index (χ1) is 12.5. The first-order valence-electron chi connectivity index (χ1n) is 7.72. The van der Waals surface area contributed by atoms with Crippen LogP contribution in [-0.2, 0) is 9.59 Å². The Hall–Kier alpha value is -2.39. The van der Waals surface area contributed by atoms with Crippen molar-refractivity contribution in [1.29, 1.82) is 0 Å². The van der Waals surface area contributed by atoms with Crippen LogP contribution in [0.3, 0.4) is 0 Å². The Balaban J connectivity index is 1.91. The second-order valence-electron chi connectivity index (χ2n) is 5.53. The first-order valence-corrected chi connectivity index (χ1v) is 9.50. The van der Waals surface area contributed by atoms with Gasteiger partial charge in [0.1, 0.15) is 5.82 Å². The van der Waals surface area contributed by atoms with Crippen LogP contribution in [0.5, 0.6) is 0 Å². The van der Waals surface area contributed by atoms with Gasteiger partial charge in [0.25, 0.3) is 5.56 Å². The highest BCUT2D eigenvalue weighted by molar-refractivity contribution is 9.10. The van der Waals surface area contributed by atoms with Crippen molar-refractivity contribution in [2.75, 3.05) is 16.4 Å². The highest BCUT2D eigenvalue weighted by Gasteiger charge is 2.34. The van der Waals surface area contributed by atoms with E-state index in [2.05, 4.69) is 43.1 Å². The number of benzene rings is 1. The van der Waals surface area contributed by atoms with Gasteiger partial charge in [-0.3, -0.25) is 14.4 Å². The Morgan fingerprint density at radius 2 is 2.12 bits per heavy atom. The summed E-state index contributed by atoms with van der Waals surface area (Å²) < 4.78 is 0.878. The average molecular weight is 435 g/mol. The zero-order valence-electron chi connectivity index (χ0n) is 13.5. The van der Waals surface area contributed by atoms with Crippen LogP contribution in [-0.4, -0.2) is 27.5 Å². The molecule has 7 nitrogen and oxygen atoms in total. The van der Waals surface area contributed by atoms with E-state index in [1.54, 1.807) is 30.3 Å². The molecule has 3 rings (SSSR count). The van der Waals surface area contributed by atoms with Crippen LogP contribution in [0.4, 0.5) is 11.5 Å². The Morgan fingerprint density at radius 3 is 2.81 bits per heavy atom. The van der Waals surface area contributed by atoms with E-state index in [1.165, 1.54) is 11.8 Å². The van der Waals surface area contributed by atoms with Crippen LogP contribution in [0, 0.1) is 0 Å². The summed E-state index contributed by atoms with van der Waals surface area (Å²) in [6, 6.07) is 7.02. The normalized spacial score (nSPS) is 15.7. The fourth-order valence-corrected chi connectivity index (χ4v) is 3.40. The molecule has 9 heteroatoms. The number of nitrogens with zero attached hydrogens (tertiary/aromatic N) is 1. The number of carbonyl (C=O) groups is 2. The number of aromatic amines is 1. The summed E-state index contributed by atoms with van der Waals surface area (Å²) in [6.07, 6.45) is 1.57. The summed E-state index contributed by atoms with van der Waals surface area (Å²) >= 11 is 4.61. The highest BCUT2D eigenvalue weighted by Crippen LogP contribution is 2.30. The zero-order valence-corrected chi connectivity index (χ0v) is 15.9. The van der Waals surface area contributed by atoms with E-state index in [0.29, 0.717) is 16.6 Å². The van der Waals surface area contributed by atoms with Crippen LogP contribution in [0.1, 0.15) is 17.9 Å². The summed E-state index contributed by atoms with van der Waals surface area (Å²) in [5.74, 6) is -0.999. The molecule has 0 saturated carbocycles. The van der Waals surface area contributed by atoms with Crippen molar-refractivity contribution < 1.29 is 9.59 Å². The molecule has 26 heavy (non-hydrogen) atoms. The molecule has 0 spiro atoms. The maximum atomic E-state index is 12.7. The van der Waals surface area contributed by atoms with Gasteiger partial charge in [0.05, 0.1) is 11.5 Å². The predicted molar refractivity (Wildman–Crippen MR) is 105 cm³/mol. The molecular formula is C17H15BrN4O3S. The molecule has 0 aliphatic carbocycles. The lowest BCUT2D eigenvalue weighted by Crippen LogP contribution is -2.36. The van der Waals surface area contributed by atoms with Crippen molar-refractivity contribution in [2.24, 2.45) is 0 Å². The van der Waals surface area contributed by atoms with Gasteiger partial charge in [-0.2, -0.15) is 0 Å². The summed E-state index contributed by atoms with van der Waals surface area (Å²) in [5, 5.41) is 5.68. The van der Waals surface area contributed by atoms with Crippen molar-refractivity contribution >= 4 is 51.0 Å². The SMILES string of the molecule is C=CCSc1nc2c(c(=O)[nH]1)C(C(=O)Nc1ccc(Br)cc1)CC(=O)N2. The minimum Gasteiger partial charge on any atom is -0.326 e. The molecule has 0 radical (unpaired) electrons. The van der Waals surface area contributed by atoms with Crippen LogP contribution >= 0.6 is 27.7 Å². The van der Waals surface area contributed by atoms with E-state index < -0.39 is 17.4 Å². The highest BCUT2D eigenvalue weighted by atomic mass is 79.9. The lowest BCUT2D eigenvalue weighted by Gasteiger charge is -2.23. The molecule has 1 aliphatic rings. The van der Waals surface area contributed by atoms with Gasteiger partial charge in [-0.15, -0.1) is 6.58 Å². The number of amides is 2. The van der Waals surface area contributed by atoms with Crippen molar-refractivity contribution in [1.82, 2.24) is 9.97 Å². The van der Waals surface area contributed by atoms with E-state index in [4.69, 9.17) is 0 Å². The van der Waals surface area contributed by atoms with E-state index in [-0.39, 0.29) is 23.7 Å². The van der Waals surface area contributed by atoms with Crippen LogP contribution in [0.2, 0.25) is 0 Å². The second kappa shape index (κ2) is 7.88. The van der Waals surface area contributed by atoms with Crippen LogP contribution in [0.15, 0.2) is 51.3 Å². The Kier molecular flexibility index (Phi) is 5.58. The number of H-pyrrole nitrogens is 1. The van der Waals surface area contributed by atoms with Gasteiger partial charge >= 0.3 is 0 Å². The van der Waals surface area contributed by atoms with Crippen molar-refractivity contribution in [3.63, 3.8) is 0 Å². The summed E-state index contributed by atoms with van der Waals surface area (Å²) in [6.45, 7) is 3.61. The van der Waals surface area contributed by atoms with Gasteiger partial charge in [-0.1, -0.05) is 33.8 Å². The van der Waals surface area contributed by atoms with Gasteiger partial charge < -0.3 is 15.6 Å². The maximum Gasteiger partial charge on any atom is 0.257 e. The molecule has 134 valence electrons. The van der Waals surface area contributed by atoms with Crippen molar-refractivity contribution in [2.45, 2.75) is 17.5 Å². The summed E-state index contributed by atoms with van der Waals surface area (Å²) in [4.78, 5) is 44.1. The molecular weight excluding hydrogens is 420 g/mol. The Bertz CT molecular complexity index is 927. The lowest BCUT2D eigenvalue weighted by atomic mass is 9.92. The third-order valence-corrected chi connectivity index (χ3v) is 5.09. The van der Waals surface area contributed by atoms with Gasteiger partial charge in [0.2, 0.25) is 11.8 Å². The van der Waals surface area contributed by atoms with E-state index in [0.717, 1.165) is 4.47 Å². The smallest absolute Gasteiger partial charge is 0.257 e. The third-order valence-electron chi connectivity index (χ3n) is 3.70. The standard InChI is InChI=1S/C17H15BrN4O3S/c1-2-7-26-17-21-14-13(16(25)22-17)11(8-12(23)20-14)15(24)19-10-5-3-9(18)4-6-10/h2-6,11H,1,7-8H2,(H,19,24)(H2,20,21,22,23,25). The molecule has 1 unspecified atom stereocenters. The fourth-order valence-electron chi connectivity index (χ4n) is 2.54. The number of nitrogens with one attached hydrogen (secondary N) is 3. The fraction of sp³-hybridized carbons (Fsp3) is 0.176. The van der Waals surface area contributed by atoms with E-state index in [9.17, 15) is 14.4 Å². The third kappa shape index (κ3) is 4.05. The number of thioether (sulfide) groups is 1. The Labute approximate surface area is 161 Å². The molecule has 3 N–H and O–H groups in total. The molecule has 1 atom stereocenters. The number of anilines is 2. The second-order valence-corrected chi connectivity index (χ2v) is 7.46. The van der Waals surface area contributed by atoms with Crippen molar-refractivity contribution in [3.8, 4) is 0 Å². The topological polar surface area (TPSA) is 104 Å². The van der Waals surface area contributed by atoms with E-state index >= 15 is 0 Å². The molecule has 1 aromatic heterocycles. The maximum absolute atomic E-state index is 12.7. The van der Waals surface area contributed by atoms with Crippen molar-refractivity contribution in [3.05, 3.63) is 57.3 Å². The number of halogens is 1. The first kappa shape index (κ1) is 18.4.